The van der Waals surface area contributed by atoms with E-state index in [1.54, 1.807) is 0 Å². The van der Waals surface area contributed by atoms with Crippen molar-refractivity contribution in [2.75, 3.05) is 13.1 Å². The van der Waals surface area contributed by atoms with Gasteiger partial charge in [0.1, 0.15) is 0 Å². The van der Waals surface area contributed by atoms with E-state index < -0.39 is 0 Å². The standard InChI is InChI=1S/C28H35N3OS/c1-3-26-13-14-27(33-26)21-30-17-15-25(16-18-30)31(20-24-11-9-22(2)10-12-24)28(32)29-19-23-7-5-4-6-8-23/h4-14,25H,3,15-21H2,1-2H3,(H,29,32). The number of carbonyl (C=O) groups excluding carboxylic acids is 1. The van der Waals surface area contributed by atoms with Crippen LogP contribution in [0.3, 0.4) is 0 Å². The summed E-state index contributed by atoms with van der Waals surface area (Å²) >= 11 is 1.93. The number of thiophene rings is 1. The Morgan fingerprint density at radius 1 is 0.970 bits per heavy atom. The van der Waals surface area contributed by atoms with E-state index in [1.807, 2.05) is 29.5 Å². The lowest BCUT2D eigenvalue weighted by atomic mass is 10.0. The Hall–Kier alpha value is -2.63. The molecule has 4 nitrogen and oxygen atoms in total. The lowest BCUT2D eigenvalue weighted by Crippen LogP contribution is -2.50. The fraction of sp³-hybridized carbons (Fsp3) is 0.393. The first kappa shape index (κ1) is 23.5. The normalized spacial score (nSPS) is 14.8. The molecule has 0 saturated carbocycles. The topological polar surface area (TPSA) is 35.6 Å². The van der Waals surface area contributed by atoms with Gasteiger partial charge in [-0.15, -0.1) is 11.3 Å². The van der Waals surface area contributed by atoms with E-state index in [1.165, 1.54) is 20.9 Å². The summed E-state index contributed by atoms with van der Waals surface area (Å²) in [6.07, 6.45) is 3.13. The summed E-state index contributed by atoms with van der Waals surface area (Å²) in [5.74, 6) is 0. The molecule has 33 heavy (non-hydrogen) atoms. The SMILES string of the molecule is CCc1ccc(CN2CCC(N(Cc3ccc(C)cc3)C(=O)NCc3ccccc3)CC2)s1. The fourth-order valence-corrected chi connectivity index (χ4v) is 5.44. The molecule has 2 aromatic carbocycles. The third kappa shape index (κ3) is 6.68. The highest BCUT2D eigenvalue weighted by Gasteiger charge is 2.28. The van der Waals surface area contributed by atoms with Crippen molar-refractivity contribution < 1.29 is 4.79 Å². The highest BCUT2D eigenvalue weighted by molar-refractivity contribution is 7.11. The molecule has 4 rings (SSSR count). The molecule has 1 N–H and O–H groups in total. The lowest BCUT2D eigenvalue weighted by Gasteiger charge is -2.38. The molecule has 1 saturated heterocycles. The average Bonchev–Trinajstić information content (AvgIpc) is 3.31. The Kier molecular flexibility index (Phi) is 8.19. The zero-order valence-corrected chi connectivity index (χ0v) is 20.6. The third-order valence-electron chi connectivity index (χ3n) is 6.46. The Morgan fingerprint density at radius 3 is 2.33 bits per heavy atom. The molecule has 0 spiro atoms. The maximum atomic E-state index is 13.3. The number of nitrogens with one attached hydrogen (secondary N) is 1. The first-order chi connectivity index (χ1) is 16.1. The monoisotopic (exact) mass is 461 g/mol. The Balaban J connectivity index is 1.39. The van der Waals surface area contributed by atoms with Gasteiger partial charge in [0.15, 0.2) is 0 Å². The van der Waals surface area contributed by atoms with E-state index >= 15 is 0 Å². The van der Waals surface area contributed by atoms with Crippen molar-refractivity contribution in [3.8, 4) is 0 Å². The number of likely N-dealkylation sites (tertiary alicyclic amines) is 1. The van der Waals surface area contributed by atoms with Crippen LogP contribution in [0.25, 0.3) is 0 Å². The van der Waals surface area contributed by atoms with Crippen LogP contribution in [0, 0.1) is 6.92 Å². The zero-order chi connectivity index (χ0) is 23.0. The molecule has 2 amide bonds. The van der Waals surface area contributed by atoms with Crippen LogP contribution in [0.5, 0.6) is 0 Å². The van der Waals surface area contributed by atoms with Crippen LogP contribution in [-0.2, 0) is 26.1 Å². The third-order valence-corrected chi connectivity index (χ3v) is 7.68. The summed E-state index contributed by atoms with van der Waals surface area (Å²) in [6, 6.07) is 23.5. The van der Waals surface area contributed by atoms with Gasteiger partial charge in [-0.05, 0) is 49.4 Å². The van der Waals surface area contributed by atoms with Crippen LogP contribution in [0.15, 0.2) is 66.7 Å². The number of nitrogens with zero attached hydrogens (tertiary/aromatic N) is 2. The predicted molar refractivity (Wildman–Crippen MR) is 137 cm³/mol. The van der Waals surface area contributed by atoms with E-state index in [9.17, 15) is 4.79 Å². The van der Waals surface area contributed by atoms with Crippen molar-refractivity contribution >= 4 is 17.4 Å². The van der Waals surface area contributed by atoms with Crippen molar-refractivity contribution in [3.63, 3.8) is 0 Å². The number of carbonyl (C=O) groups is 1. The molecule has 1 aliphatic rings. The fourth-order valence-electron chi connectivity index (χ4n) is 4.44. The van der Waals surface area contributed by atoms with E-state index in [-0.39, 0.29) is 12.1 Å². The molecule has 0 unspecified atom stereocenters. The van der Waals surface area contributed by atoms with Gasteiger partial charge in [-0.1, -0.05) is 67.1 Å². The number of piperidine rings is 1. The summed E-state index contributed by atoms with van der Waals surface area (Å²) in [6.45, 7) is 8.60. The summed E-state index contributed by atoms with van der Waals surface area (Å²) < 4.78 is 0. The zero-order valence-electron chi connectivity index (χ0n) is 19.8. The van der Waals surface area contributed by atoms with Gasteiger partial charge >= 0.3 is 6.03 Å². The lowest BCUT2D eigenvalue weighted by molar-refractivity contribution is 0.113. The summed E-state index contributed by atoms with van der Waals surface area (Å²) in [4.78, 5) is 20.8. The van der Waals surface area contributed by atoms with Crippen LogP contribution in [0.4, 0.5) is 4.79 Å². The minimum atomic E-state index is 0.0312. The quantitative estimate of drug-likeness (QED) is 0.447. The molecule has 1 aromatic heterocycles. The van der Waals surface area contributed by atoms with Crippen LogP contribution < -0.4 is 5.32 Å². The summed E-state index contributed by atoms with van der Waals surface area (Å²) in [7, 11) is 0. The highest BCUT2D eigenvalue weighted by atomic mass is 32.1. The Morgan fingerprint density at radius 2 is 1.67 bits per heavy atom. The first-order valence-corrected chi connectivity index (χ1v) is 12.9. The maximum absolute atomic E-state index is 13.3. The van der Waals surface area contributed by atoms with Crippen LogP contribution in [-0.4, -0.2) is 35.0 Å². The van der Waals surface area contributed by atoms with Crippen molar-refractivity contribution in [2.45, 2.75) is 58.8 Å². The summed E-state index contributed by atoms with van der Waals surface area (Å²) in [5.41, 5.74) is 3.55. The van der Waals surface area contributed by atoms with Crippen molar-refractivity contribution in [3.05, 3.63) is 93.2 Å². The first-order valence-electron chi connectivity index (χ1n) is 12.0. The van der Waals surface area contributed by atoms with Gasteiger partial charge < -0.3 is 10.2 Å². The second kappa shape index (κ2) is 11.5. The molecule has 1 fully saturated rings. The second-order valence-electron chi connectivity index (χ2n) is 8.99. The number of benzene rings is 2. The van der Waals surface area contributed by atoms with Gasteiger partial charge in [0.05, 0.1) is 0 Å². The van der Waals surface area contributed by atoms with Crippen LogP contribution in [0.2, 0.25) is 0 Å². The Labute approximate surface area is 202 Å². The van der Waals surface area contributed by atoms with Gasteiger partial charge in [0, 0.05) is 48.5 Å². The average molecular weight is 462 g/mol. The highest BCUT2D eigenvalue weighted by Crippen LogP contribution is 2.24. The molecule has 0 atom stereocenters. The largest absolute Gasteiger partial charge is 0.334 e. The van der Waals surface area contributed by atoms with Crippen molar-refractivity contribution in [2.24, 2.45) is 0 Å². The number of urea groups is 1. The molecule has 0 radical (unpaired) electrons. The second-order valence-corrected chi connectivity index (χ2v) is 10.2. The van der Waals surface area contributed by atoms with Gasteiger partial charge in [-0.3, -0.25) is 4.90 Å². The number of hydrogen-bond donors (Lipinski definition) is 1. The molecule has 5 heteroatoms. The van der Waals surface area contributed by atoms with Gasteiger partial charge in [-0.25, -0.2) is 4.79 Å². The number of hydrogen-bond acceptors (Lipinski definition) is 3. The maximum Gasteiger partial charge on any atom is 0.318 e. The van der Waals surface area contributed by atoms with Gasteiger partial charge in [0.2, 0.25) is 0 Å². The van der Waals surface area contributed by atoms with Gasteiger partial charge in [-0.2, -0.15) is 0 Å². The van der Waals surface area contributed by atoms with Crippen LogP contribution >= 0.6 is 11.3 Å². The molecule has 2 heterocycles. The minimum Gasteiger partial charge on any atom is -0.334 e. The number of amides is 2. The smallest absolute Gasteiger partial charge is 0.318 e. The van der Waals surface area contributed by atoms with E-state index in [2.05, 4.69) is 77.5 Å². The predicted octanol–water partition coefficient (Wildman–Crippen LogP) is 6.00. The van der Waals surface area contributed by atoms with Crippen LogP contribution in [0.1, 0.15) is 46.2 Å². The number of aryl methyl sites for hydroxylation is 2. The summed E-state index contributed by atoms with van der Waals surface area (Å²) in [5, 5.41) is 3.16. The molecule has 3 aromatic rings. The number of rotatable bonds is 8. The van der Waals surface area contributed by atoms with Crippen molar-refractivity contribution in [1.29, 1.82) is 0 Å². The minimum absolute atomic E-state index is 0.0312. The van der Waals surface area contributed by atoms with Gasteiger partial charge in [0.25, 0.3) is 0 Å². The molecular weight excluding hydrogens is 426 g/mol. The van der Waals surface area contributed by atoms with Crippen molar-refractivity contribution in [1.82, 2.24) is 15.1 Å². The molecule has 0 bridgehead atoms. The molecular formula is C28H35N3OS. The molecule has 174 valence electrons. The Bertz CT molecular complexity index is 1010. The molecule has 1 aliphatic heterocycles. The van der Waals surface area contributed by atoms with E-state index in [0.29, 0.717) is 13.1 Å². The molecule has 0 aliphatic carbocycles. The van der Waals surface area contributed by atoms with E-state index in [0.717, 1.165) is 44.5 Å². The van der Waals surface area contributed by atoms with E-state index in [4.69, 9.17) is 0 Å².